The van der Waals surface area contributed by atoms with E-state index >= 15 is 0 Å². The third-order valence-electron chi connectivity index (χ3n) is 2.80. The zero-order valence-electron chi connectivity index (χ0n) is 8.79. The fraction of sp³-hybridized carbons (Fsp3) is 0.400. The molecule has 0 spiro atoms. The summed E-state index contributed by atoms with van der Waals surface area (Å²) in [6.45, 7) is 0.876. The zero-order valence-corrected chi connectivity index (χ0v) is 9.61. The molecule has 1 atom stereocenters. The second-order valence-electron chi connectivity index (χ2n) is 3.93. The lowest BCUT2D eigenvalue weighted by Crippen LogP contribution is -2.13. The lowest BCUT2D eigenvalue weighted by molar-refractivity contribution is 0.238. The van der Waals surface area contributed by atoms with Crippen molar-refractivity contribution >= 4 is 15.8 Å². The molecule has 1 aliphatic rings. The van der Waals surface area contributed by atoms with Crippen LogP contribution in [0.25, 0.3) is 0 Å². The SMILES string of the molecule is CN1CCc2cc(C(O)S(=O)(=O)O)ccc21. The normalized spacial score (nSPS) is 17.3. The lowest BCUT2D eigenvalue weighted by Gasteiger charge is -2.13. The van der Waals surface area contributed by atoms with Crippen LogP contribution in [0.3, 0.4) is 0 Å². The summed E-state index contributed by atoms with van der Waals surface area (Å²) in [5.41, 5.74) is 0.370. The molecule has 0 bridgehead atoms. The van der Waals surface area contributed by atoms with E-state index in [1.54, 1.807) is 12.1 Å². The van der Waals surface area contributed by atoms with Crippen molar-refractivity contribution in [1.29, 1.82) is 0 Å². The predicted molar refractivity (Wildman–Crippen MR) is 59.9 cm³/mol. The van der Waals surface area contributed by atoms with Crippen molar-refractivity contribution in [3.8, 4) is 0 Å². The van der Waals surface area contributed by atoms with Crippen LogP contribution in [-0.2, 0) is 16.5 Å². The van der Waals surface area contributed by atoms with Gasteiger partial charge < -0.3 is 10.0 Å². The maximum absolute atomic E-state index is 10.8. The quantitative estimate of drug-likeness (QED) is 0.742. The molecule has 0 radical (unpaired) electrons. The molecule has 6 heteroatoms. The molecule has 1 aromatic carbocycles. The summed E-state index contributed by atoms with van der Waals surface area (Å²) in [7, 11) is -2.50. The van der Waals surface area contributed by atoms with Crippen LogP contribution in [0, 0.1) is 0 Å². The number of aliphatic hydroxyl groups is 1. The number of fused-ring (bicyclic) bond motifs is 1. The topological polar surface area (TPSA) is 77.8 Å². The molecule has 0 saturated carbocycles. The Balaban J connectivity index is 2.40. The summed E-state index contributed by atoms with van der Waals surface area (Å²) in [5, 5.41) is 9.40. The number of aliphatic hydroxyl groups excluding tert-OH is 1. The smallest absolute Gasteiger partial charge is 0.296 e. The molecule has 88 valence electrons. The molecule has 0 saturated heterocycles. The fourth-order valence-corrected chi connectivity index (χ4v) is 2.40. The maximum Gasteiger partial charge on any atom is 0.296 e. The number of likely N-dealkylation sites (N-methyl/N-ethyl adjacent to an activating group) is 1. The summed E-state index contributed by atoms with van der Waals surface area (Å²) in [6.07, 6.45) is 0.817. The Kier molecular flexibility index (Phi) is 2.65. The Labute approximate surface area is 94.1 Å². The van der Waals surface area contributed by atoms with Crippen molar-refractivity contribution in [2.45, 2.75) is 11.9 Å². The van der Waals surface area contributed by atoms with Crippen molar-refractivity contribution in [2.75, 3.05) is 18.5 Å². The van der Waals surface area contributed by atoms with Gasteiger partial charge in [-0.2, -0.15) is 8.42 Å². The monoisotopic (exact) mass is 243 g/mol. The van der Waals surface area contributed by atoms with Gasteiger partial charge in [-0.05, 0) is 29.7 Å². The van der Waals surface area contributed by atoms with Crippen LogP contribution in [0.2, 0.25) is 0 Å². The van der Waals surface area contributed by atoms with E-state index in [1.165, 1.54) is 6.07 Å². The van der Waals surface area contributed by atoms with Crippen molar-refractivity contribution in [2.24, 2.45) is 0 Å². The van der Waals surface area contributed by atoms with Gasteiger partial charge >= 0.3 is 0 Å². The molecule has 0 amide bonds. The maximum atomic E-state index is 10.8. The lowest BCUT2D eigenvalue weighted by atomic mass is 10.1. The summed E-state index contributed by atoms with van der Waals surface area (Å²) in [4.78, 5) is 2.05. The number of benzene rings is 1. The van der Waals surface area contributed by atoms with Gasteiger partial charge in [-0.3, -0.25) is 4.55 Å². The average Bonchev–Trinajstić information content (AvgIpc) is 2.57. The molecule has 1 aromatic rings. The molecule has 5 nitrogen and oxygen atoms in total. The number of anilines is 1. The van der Waals surface area contributed by atoms with E-state index in [1.807, 2.05) is 7.05 Å². The second-order valence-corrected chi connectivity index (χ2v) is 5.40. The average molecular weight is 243 g/mol. The molecule has 1 heterocycles. The number of hydrogen-bond donors (Lipinski definition) is 2. The summed E-state index contributed by atoms with van der Waals surface area (Å²) in [6, 6.07) is 4.89. The van der Waals surface area contributed by atoms with Gasteiger partial charge in [-0.15, -0.1) is 0 Å². The molecule has 1 unspecified atom stereocenters. The Morgan fingerprint density at radius 2 is 2.12 bits per heavy atom. The third kappa shape index (κ3) is 1.91. The highest BCUT2D eigenvalue weighted by atomic mass is 32.2. The van der Waals surface area contributed by atoms with Gasteiger partial charge in [0.1, 0.15) is 0 Å². The minimum absolute atomic E-state index is 0.205. The van der Waals surface area contributed by atoms with Gasteiger partial charge in [-0.25, -0.2) is 0 Å². The second kappa shape index (κ2) is 3.73. The van der Waals surface area contributed by atoms with E-state index in [4.69, 9.17) is 4.55 Å². The van der Waals surface area contributed by atoms with E-state index in [0.717, 1.165) is 24.2 Å². The van der Waals surface area contributed by atoms with Crippen LogP contribution in [-0.4, -0.2) is 31.7 Å². The van der Waals surface area contributed by atoms with E-state index < -0.39 is 15.6 Å². The largest absolute Gasteiger partial charge is 0.374 e. The van der Waals surface area contributed by atoms with Crippen LogP contribution < -0.4 is 4.90 Å². The van der Waals surface area contributed by atoms with Crippen LogP contribution in [0.1, 0.15) is 16.6 Å². The first-order chi connectivity index (χ1) is 7.39. The predicted octanol–water partition coefficient (Wildman–Crippen LogP) is 0.558. The highest BCUT2D eigenvalue weighted by Gasteiger charge is 2.24. The Bertz CT molecular complexity index is 512. The highest BCUT2D eigenvalue weighted by molar-refractivity contribution is 7.85. The molecular formula is C10H13NO4S. The van der Waals surface area contributed by atoms with Gasteiger partial charge in [0.2, 0.25) is 5.44 Å². The van der Waals surface area contributed by atoms with Crippen molar-refractivity contribution in [3.63, 3.8) is 0 Å². The Hall–Kier alpha value is -1.11. The molecule has 2 N–H and O–H groups in total. The molecule has 0 aromatic heterocycles. The van der Waals surface area contributed by atoms with Gasteiger partial charge in [0.15, 0.2) is 0 Å². The van der Waals surface area contributed by atoms with Crippen LogP contribution in [0.15, 0.2) is 18.2 Å². The van der Waals surface area contributed by atoms with Crippen LogP contribution >= 0.6 is 0 Å². The fourth-order valence-electron chi connectivity index (χ4n) is 1.91. The first-order valence-electron chi connectivity index (χ1n) is 4.88. The Morgan fingerprint density at radius 1 is 1.44 bits per heavy atom. The van der Waals surface area contributed by atoms with Crippen molar-refractivity contribution in [1.82, 2.24) is 0 Å². The number of hydrogen-bond acceptors (Lipinski definition) is 4. The van der Waals surface area contributed by atoms with Gasteiger partial charge in [0.05, 0.1) is 0 Å². The zero-order chi connectivity index (χ0) is 11.9. The minimum atomic E-state index is -4.44. The highest BCUT2D eigenvalue weighted by Crippen LogP contribution is 2.30. The molecule has 2 rings (SSSR count). The van der Waals surface area contributed by atoms with Gasteiger partial charge in [0.25, 0.3) is 10.1 Å². The van der Waals surface area contributed by atoms with E-state index in [-0.39, 0.29) is 5.56 Å². The van der Waals surface area contributed by atoms with Crippen molar-refractivity contribution in [3.05, 3.63) is 29.3 Å². The third-order valence-corrected chi connectivity index (χ3v) is 3.64. The molecular weight excluding hydrogens is 230 g/mol. The first kappa shape index (κ1) is 11.4. The molecule has 0 aliphatic carbocycles. The summed E-state index contributed by atoms with van der Waals surface area (Å²) < 4.78 is 30.3. The molecule has 16 heavy (non-hydrogen) atoms. The standard InChI is InChI=1S/C10H13NO4S/c1-11-5-4-7-6-8(2-3-9(7)11)10(12)16(13,14)15/h2-3,6,10,12H,4-5H2,1H3,(H,13,14,15). The number of nitrogens with zero attached hydrogens (tertiary/aromatic N) is 1. The summed E-state index contributed by atoms with van der Waals surface area (Å²) in [5.74, 6) is 0. The molecule has 1 aliphatic heterocycles. The van der Waals surface area contributed by atoms with E-state index in [0.29, 0.717) is 0 Å². The van der Waals surface area contributed by atoms with Crippen molar-refractivity contribution < 1.29 is 18.1 Å². The van der Waals surface area contributed by atoms with Gasteiger partial charge in [0, 0.05) is 19.3 Å². The molecule has 0 fully saturated rings. The van der Waals surface area contributed by atoms with E-state index in [9.17, 15) is 13.5 Å². The number of rotatable bonds is 2. The Morgan fingerprint density at radius 3 is 2.75 bits per heavy atom. The van der Waals surface area contributed by atoms with Gasteiger partial charge in [-0.1, -0.05) is 6.07 Å². The van der Waals surface area contributed by atoms with Crippen LogP contribution in [0.5, 0.6) is 0 Å². The summed E-state index contributed by atoms with van der Waals surface area (Å²) >= 11 is 0. The van der Waals surface area contributed by atoms with Crippen LogP contribution in [0.4, 0.5) is 5.69 Å². The minimum Gasteiger partial charge on any atom is -0.374 e. The first-order valence-corrected chi connectivity index (χ1v) is 6.38. The van der Waals surface area contributed by atoms with E-state index in [2.05, 4.69) is 4.90 Å².